The minimum Gasteiger partial charge on any atom is -0.292 e. The van der Waals surface area contributed by atoms with Crippen molar-refractivity contribution in [3.05, 3.63) is 162 Å². The van der Waals surface area contributed by atoms with Crippen molar-refractivity contribution in [3.8, 4) is 11.1 Å². The molecular weight excluding hydrogens is 556 g/mol. The maximum absolute atomic E-state index is 5.22. The summed E-state index contributed by atoms with van der Waals surface area (Å²) >= 11 is 0. The van der Waals surface area contributed by atoms with E-state index in [4.69, 9.17) is 4.98 Å². The monoisotopic (exact) mass is 582 g/mol. The molecular formula is C44H26N2. The van der Waals surface area contributed by atoms with E-state index in [1.807, 2.05) is 0 Å². The van der Waals surface area contributed by atoms with Gasteiger partial charge in [-0.1, -0.05) is 127 Å². The third-order valence-corrected chi connectivity index (χ3v) is 10.4. The van der Waals surface area contributed by atoms with Gasteiger partial charge in [0.2, 0.25) is 0 Å². The third-order valence-electron chi connectivity index (χ3n) is 10.4. The molecule has 2 heteroatoms. The average Bonchev–Trinajstić information content (AvgIpc) is 3.72. The first-order valence-electron chi connectivity index (χ1n) is 16.0. The van der Waals surface area contributed by atoms with E-state index in [2.05, 4.69) is 156 Å². The highest BCUT2D eigenvalue weighted by Crippen LogP contribution is 2.44. The highest BCUT2D eigenvalue weighted by Gasteiger charge is 2.23. The lowest BCUT2D eigenvalue weighted by atomic mass is 9.85. The maximum atomic E-state index is 5.22. The molecule has 10 aromatic rings. The molecule has 0 aliphatic heterocycles. The number of fused-ring (bicyclic) bond motifs is 9. The summed E-state index contributed by atoms with van der Waals surface area (Å²) in [6, 6.07) is 51.4. The molecule has 0 fully saturated rings. The van der Waals surface area contributed by atoms with Crippen LogP contribution in [0.25, 0.3) is 87.9 Å². The van der Waals surface area contributed by atoms with Crippen molar-refractivity contribution in [1.82, 2.24) is 9.38 Å². The molecule has 1 aliphatic carbocycles. The Balaban J connectivity index is 1.04. The number of benzene rings is 8. The van der Waals surface area contributed by atoms with Crippen LogP contribution < -0.4 is 0 Å². The molecule has 0 amide bonds. The van der Waals surface area contributed by atoms with Crippen LogP contribution in [0.5, 0.6) is 0 Å². The number of imidazole rings is 1. The van der Waals surface area contributed by atoms with Gasteiger partial charge in [0.15, 0.2) is 0 Å². The molecule has 1 unspecified atom stereocenters. The molecule has 46 heavy (non-hydrogen) atoms. The Morgan fingerprint density at radius 1 is 0.478 bits per heavy atom. The number of hydrogen-bond donors (Lipinski definition) is 0. The Kier molecular flexibility index (Phi) is 4.66. The number of aromatic nitrogens is 2. The van der Waals surface area contributed by atoms with Crippen LogP contribution in [-0.4, -0.2) is 9.38 Å². The van der Waals surface area contributed by atoms with Gasteiger partial charge in [-0.25, -0.2) is 4.98 Å². The zero-order valence-corrected chi connectivity index (χ0v) is 24.9. The summed E-state index contributed by atoms with van der Waals surface area (Å²) in [7, 11) is 0. The predicted octanol–water partition coefficient (Wildman–Crippen LogP) is 11.5. The summed E-state index contributed by atoms with van der Waals surface area (Å²) in [4.78, 5) is 5.22. The van der Waals surface area contributed by atoms with Gasteiger partial charge in [0.05, 0.1) is 16.6 Å². The van der Waals surface area contributed by atoms with Gasteiger partial charge in [-0.2, -0.15) is 0 Å². The van der Waals surface area contributed by atoms with E-state index in [-0.39, 0.29) is 5.92 Å². The Morgan fingerprint density at radius 3 is 2.07 bits per heavy atom. The summed E-state index contributed by atoms with van der Waals surface area (Å²) in [5, 5.41) is 11.7. The molecule has 0 N–H and O–H groups in total. The Morgan fingerprint density at radius 2 is 1.17 bits per heavy atom. The first-order valence-corrected chi connectivity index (χ1v) is 16.0. The average molecular weight is 583 g/mol. The molecule has 1 aliphatic rings. The number of nitrogens with zero attached hydrogens (tertiary/aromatic N) is 2. The van der Waals surface area contributed by atoms with E-state index in [9.17, 15) is 0 Å². The largest absolute Gasteiger partial charge is 0.292 e. The Hall–Kier alpha value is -5.99. The maximum Gasteiger partial charge on any atom is 0.146 e. The van der Waals surface area contributed by atoms with E-state index < -0.39 is 0 Å². The SMILES string of the molecule is C1=CC(c2ccc3ccc4cccc5ccc2c3c45)c2ccc(-c3ccc4c(c3)nc3c5ccccc5c5ccccc5n43)cc21. The van der Waals surface area contributed by atoms with Crippen molar-refractivity contribution in [2.75, 3.05) is 0 Å². The normalized spacial score (nSPS) is 14.7. The number of rotatable bonds is 2. The molecule has 11 rings (SSSR count). The second kappa shape index (κ2) is 8.80. The van der Waals surface area contributed by atoms with E-state index in [1.165, 1.54) is 81.8 Å². The summed E-state index contributed by atoms with van der Waals surface area (Å²) in [6.07, 6.45) is 4.69. The van der Waals surface area contributed by atoms with Crippen LogP contribution >= 0.6 is 0 Å². The molecule has 2 nitrogen and oxygen atoms in total. The summed E-state index contributed by atoms with van der Waals surface area (Å²) < 4.78 is 2.32. The molecule has 0 bridgehead atoms. The summed E-state index contributed by atoms with van der Waals surface area (Å²) in [5.74, 6) is 0.233. The molecule has 1 atom stereocenters. The highest BCUT2D eigenvalue weighted by molar-refractivity contribution is 6.23. The van der Waals surface area contributed by atoms with Gasteiger partial charge in [0.25, 0.3) is 0 Å². The van der Waals surface area contributed by atoms with Crippen molar-refractivity contribution in [1.29, 1.82) is 0 Å². The Bertz CT molecular complexity index is 2910. The second-order valence-corrected chi connectivity index (χ2v) is 12.7. The standard InChI is InChI=1S/C44H26N2/c1-2-10-38-33(8-1)36-9-3-4-11-40(36)46-41-23-18-30(25-39(41)45-44(38)46)29-16-19-32-31(24-29)17-21-34(32)35-20-14-28-13-12-26-6-5-7-27-15-22-37(35)43(28)42(26)27/h1-25,34H. The first kappa shape index (κ1) is 24.3. The van der Waals surface area contributed by atoms with Crippen molar-refractivity contribution in [2.24, 2.45) is 0 Å². The molecule has 0 spiro atoms. The van der Waals surface area contributed by atoms with Crippen LogP contribution in [-0.2, 0) is 0 Å². The van der Waals surface area contributed by atoms with Gasteiger partial charge in [0, 0.05) is 16.7 Å². The fourth-order valence-electron chi connectivity index (χ4n) is 8.28. The molecule has 2 aromatic heterocycles. The van der Waals surface area contributed by atoms with Crippen molar-refractivity contribution in [3.63, 3.8) is 0 Å². The van der Waals surface area contributed by atoms with Crippen molar-refractivity contribution in [2.45, 2.75) is 5.92 Å². The lowest BCUT2D eigenvalue weighted by Gasteiger charge is -2.18. The van der Waals surface area contributed by atoms with Gasteiger partial charge in [-0.3, -0.25) is 4.40 Å². The van der Waals surface area contributed by atoms with Crippen LogP contribution in [0.2, 0.25) is 0 Å². The van der Waals surface area contributed by atoms with Crippen LogP contribution in [0, 0.1) is 0 Å². The molecule has 0 saturated heterocycles. The van der Waals surface area contributed by atoms with E-state index >= 15 is 0 Å². The van der Waals surface area contributed by atoms with E-state index in [0.717, 1.165) is 16.7 Å². The van der Waals surface area contributed by atoms with Crippen LogP contribution in [0.3, 0.4) is 0 Å². The molecule has 212 valence electrons. The van der Waals surface area contributed by atoms with E-state index in [1.54, 1.807) is 0 Å². The zero-order valence-electron chi connectivity index (χ0n) is 24.9. The van der Waals surface area contributed by atoms with Gasteiger partial charge in [0.1, 0.15) is 5.65 Å². The fourth-order valence-corrected chi connectivity index (χ4v) is 8.28. The first-order chi connectivity index (χ1) is 22.8. The molecule has 0 saturated carbocycles. The van der Waals surface area contributed by atoms with Gasteiger partial charge in [-0.15, -0.1) is 0 Å². The molecule has 2 heterocycles. The van der Waals surface area contributed by atoms with Crippen LogP contribution in [0.1, 0.15) is 22.6 Å². The van der Waals surface area contributed by atoms with Gasteiger partial charge >= 0.3 is 0 Å². The number of para-hydroxylation sites is 1. The van der Waals surface area contributed by atoms with Crippen molar-refractivity contribution < 1.29 is 0 Å². The zero-order chi connectivity index (χ0) is 29.9. The fraction of sp³-hybridized carbons (Fsp3) is 0.0227. The quantitative estimate of drug-likeness (QED) is 0.185. The minimum atomic E-state index is 0.233. The van der Waals surface area contributed by atoms with E-state index in [0.29, 0.717) is 0 Å². The second-order valence-electron chi connectivity index (χ2n) is 12.7. The number of pyridine rings is 1. The lowest BCUT2D eigenvalue weighted by molar-refractivity contribution is 1.07. The summed E-state index contributed by atoms with van der Waals surface area (Å²) in [5.41, 5.74) is 10.8. The smallest absolute Gasteiger partial charge is 0.146 e. The minimum absolute atomic E-state index is 0.233. The lowest BCUT2D eigenvalue weighted by Crippen LogP contribution is -1.98. The van der Waals surface area contributed by atoms with Crippen LogP contribution in [0.4, 0.5) is 0 Å². The third kappa shape index (κ3) is 3.18. The number of allylic oxidation sites excluding steroid dienone is 1. The predicted molar refractivity (Wildman–Crippen MR) is 194 cm³/mol. The van der Waals surface area contributed by atoms with Gasteiger partial charge in [-0.05, 0) is 89.8 Å². The number of hydrogen-bond acceptors (Lipinski definition) is 1. The van der Waals surface area contributed by atoms with Crippen molar-refractivity contribution >= 4 is 76.7 Å². The van der Waals surface area contributed by atoms with Gasteiger partial charge < -0.3 is 0 Å². The molecule has 0 radical (unpaired) electrons. The molecule has 8 aromatic carbocycles. The topological polar surface area (TPSA) is 17.3 Å². The summed E-state index contributed by atoms with van der Waals surface area (Å²) in [6.45, 7) is 0. The van der Waals surface area contributed by atoms with Crippen LogP contribution in [0.15, 0.2) is 146 Å². The Labute approximate surface area is 264 Å². The highest BCUT2D eigenvalue weighted by atomic mass is 15.0.